The van der Waals surface area contributed by atoms with Gasteiger partial charge in [-0.2, -0.15) is 0 Å². The van der Waals surface area contributed by atoms with Crippen LogP contribution < -0.4 is 10.1 Å². The molecule has 0 atom stereocenters. The first-order valence-corrected chi connectivity index (χ1v) is 11.3. The third-order valence-corrected chi connectivity index (χ3v) is 7.56. The molecule has 1 heterocycles. The standard InChI is InChI=1S/C15H19NO5S3/c1-4-21-11-7-13(23(3,17)18)9-14(8-11)24(19,20)15-6-5-12(22-15)10-16-2/h5-9,16H,4,10H2,1-3H3. The summed E-state index contributed by atoms with van der Waals surface area (Å²) in [5.74, 6) is 0.214. The number of benzene rings is 1. The van der Waals surface area contributed by atoms with E-state index in [-0.39, 0.29) is 19.7 Å². The monoisotopic (exact) mass is 389 g/mol. The van der Waals surface area contributed by atoms with Crippen LogP contribution in [0, 0.1) is 0 Å². The van der Waals surface area contributed by atoms with Gasteiger partial charge in [0.25, 0.3) is 0 Å². The van der Waals surface area contributed by atoms with Crippen molar-refractivity contribution in [2.75, 3.05) is 19.9 Å². The van der Waals surface area contributed by atoms with Crippen LogP contribution in [0.5, 0.6) is 5.75 Å². The van der Waals surface area contributed by atoms with Crippen molar-refractivity contribution in [3.63, 3.8) is 0 Å². The molecule has 2 aromatic rings. The van der Waals surface area contributed by atoms with Gasteiger partial charge in [0.2, 0.25) is 9.84 Å². The molecule has 0 aliphatic carbocycles. The molecule has 1 aromatic carbocycles. The largest absolute Gasteiger partial charge is 0.494 e. The minimum absolute atomic E-state index is 0.0842. The second-order valence-corrected chi connectivity index (χ2v) is 10.5. The maximum Gasteiger partial charge on any atom is 0.216 e. The Morgan fingerprint density at radius 1 is 1.08 bits per heavy atom. The molecular weight excluding hydrogens is 370 g/mol. The second kappa shape index (κ2) is 7.22. The quantitative estimate of drug-likeness (QED) is 0.780. The Labute approximate surface area is 146 Å². The molecule has 1 N–H and O–H groups in total. The molecule has 24 heavy (non-hydrogen) atoms. The van der Waals surface area contributed by atoms with E-state index in [9.17, 15) is 16.8 Å². The van der Waals surface area contributed by atoms with Gasteiger partial charge in [-0.15, -0.1) is 11.3 Å². The van der Waals surface area contributed by atoms with Crippen LogP contribution in [0.1, 0.15) is 11.8 Å². The molecule has 0 bridgehead atoms. The third-order valence-electron chi connectivity index (χ3n) is 3.16. The zero-order valence-electron chi connectivity index (χ0n) is 13.6. The van der Waals surface area contributed by atoms with Crippen LogP contribution in [0.2, 0.25) is 0 Å². The fourth-order valence-corrected chi connectivity index (χ4v) is 5.63. The minimum Gasteiger partial charge on any atom is -0.494 e. The molecule has 0 spiro atoms. The Hall–Kier alpha value is -1.42. The molecule has 0 saturated heterocycles. The number of sulfone groups is 2. The smallest absolute Gasteiger partial charge is 0.216 e. The van der Waals surface area contributed by atoms with Gasteiger partial charge in [0.15, 0.2) is 9.84 Å². The molecule has 2 rings (SSSR count). The van der Waals surface area contributed by atoms with Crippen LogP contribution in [0.4, 0.5) is 0 Å². The van der Waals surface area contributed by atoms with E-state index in [4.69, 9.17) is 4.74 Å². The fraction of sp³-hybridized carbons (Fsp3) is 0.333. The highest BCUT2D eigenvalue weighted by molar-refractivity contribution is 7.93. The average Bonchev–Trinajstić information content (AvgIpc) is 2.96. The van der Waals surface area contributed by atoms with Crippen LogP contribution in [0.3, 0.4) is 0 Å². The van der Waals surface area contributed by atoms with Gasteiger partial charge >= 0.3 is 0 Å². The van der Waals surface area contributed by atoms with Gasteiger partial charge in [-0.1, -0.05) is 0 Å². The lowest BCUT2D eigenvalue weighted by Gasteiger charge is -2.09. The zero-order chi connectivity index (χ0) is 18.0. The predicted molar refractivity (Wildman–Crippen MR) is 93.3 cm³/mol. The Morgan fingerprint density at radius 2 is 1.75 bits per heavy atom. The summed E-state index contributed by atoms with van der Waals surface area (Å²) in [5, 5.41) is 2.96. The van der Waals surface area contributed by atoms with Gasteiger partial charge < -0.3 is 10.1 Å². The van der Waals surface area contributed by atoms with Crippen LogP contribution in [-0.2, 0) is 26.2 Å². The van der Waals surface area contributed by atoms with Gasteiger partial charge in [-0.05, 0) is 44.3 Å². The van der Waals surface area contributed by atoms with E-state index in [0.29, 0.717) is 13.2 Å². The second-order valence-electron chi connectivity index (χ2n) is 5.10. The third kappa shape index (κ3) is 4.15. The first-order valence-electron chi connectivity index (χ1n) is 7.15. The average molecular weight is 390 g/mol. The summed E-state index contributed by atoms with van der Waals surface area (Å²) in [6.45, 7) is 2.61. The molecule has 0 unspecified atom stereocenters. The van der Waals surface area contributed by atoms with Crippen molar-refractivity contribution in [3.05, 3.63) is 35.2 Å². The first-order chi connectivity index (χ1) is 11.2. The summed E-state index contributed by atoms with van der Waals surface area (Å²) >= 11 is 1.15. The molecule has 9 heteroatoms. The van der Waals surface area contributed by atoms with Crippen molar-refractivity contribution in [1.82, 2.24) is 5.32 Å². The van der Waals surface area contributed by atoms with Crippen LogP contribution in [-0.4, -0.2) is 36.7 Å². The Balaban J connectivity index is 2.57. The molecule has 0 fully saturated rings. The van der Waals surface area contributed by atoms with Crippen LogP contribution in [0.15, 0.2) is 44.3 Å². The van der Waals surface area contributed by atoms with Crippen molar-refractivity contribution in [1.29, 1.82) is 0 Å². The van der Waals surface area contributed by atoms with E-state index in [1.54, 1.807) is 20.0 Å². The number of hydrogen-bond donors (Lipinski definition) is 1. The topological polar surface area (TPSA) is 89.5 Å². The lowest BCUT2D eigenvalue weighted by molar-refractivity contribution is 0.338. The predicted octanol–water partition coefficient (Wildman–Crippen LogP) is 2.10. The van der Waals surface area contributed by atoms with Crippen LogP contribution >= 0.6 is 11.3 Å². The molecule has 132 valence electrons. The number of nitrogens with one attached hydrogen (secondary N) is 1. The van der Waals surface area contributed by atoms with Crippen molar-refractivity contribution in [2.45, 2.75) is 27.5 Å². The first kappa shape index (κ1) is 18.9. The Kier molecular flexibility index (Phi) is 5.69. The Morgan fingerprint density at radius 3 is 2.33 bits per heavy atom. The van der Waals surface area contributed by atoms with Gasteiger partial charge in [0, 0.05) is 17.7 Å². The van der Waals surface area contributed by atoms with E-state index in [1.165, 1.54) is 24.3 Å². The van der Waals surface area contributed by atoms with Gasteiger partial charge in [-0.3, -0.25) is 0 Å². The normalized spacial score (nSPS) is 12.3. The van der Waals surface area contributed by atoms with Crippen molar-refractivity contribution >= 4 is 31.0 Å². The maximum atomic E-state index is 12.8. The molecular formula is C15H19NO5S3. The Bertz CT molecular complexity index is 930. The van der Waals surface area contributed by atoms with Gasteiger partial charge in [0.05, 0.1) is 16.4 Å². The highest BCUT2D eigenvalue weighted by atomic mass is 32.2. The van der Waals surface area contributed by atoms with E-state index < -0.39 is 19.7 Å². The summed E-state index contributed by atoms with van der Waals surface area (Å²) in [4.78, 5) is 0.700. The summed E-state index contributed by atoms with van der Waals surface area (Å²) < 4.78 is 54.8. The van der Waals surface area contributed by atoms with Crippen molar-refractivity contribution in [3.8, 4) is 5.75 Å². The number of thiophene rings is 1. The summed E-state index contributed by atoms with van der Waals surface area (Å²) in [6.07, 6.45) is 1.03. The number of rotatable bonds is 7. The minimum atomic E-state index is -3.81. The van der Waals surface area contributed by atoms with E-state index in [2.05, 4.69) is 5.32 Å². The lowest BCUT2D eigenvalue weighted by Crippen LogP contribution is -2.05. The highest BCUT2D eigenvalue weighted by Gasteiger charge is 2.23. The van der Waals surface area contributed by atoms with Gasteiger partial charge in [0.1, 0.15) is 9.96 Å². The molecule has 6 nitrogen and oxygen atoms in total. The molecule has 1 aromatic heterocycles. The van der Waals surface area contributed by atoms with E-state index in [0.717, 1.165) is 22.5 Å². The molecule has 0 amide bonds. The number of hydrogen-bond acceptors (Lipinski definition) is 7. The number of ether oxygens (including phenoxy) is 1. The SMILES string of the molecule is CCOc1cc(S(C)(=O)=O)cc(S(=O)(=O)c2ccc(CNC)s2)c1. The summed E-state index contributed by atoms with van der Waals surface area (Å²) in [6, 6.07) is 7.12. The van der Waals surface area contributed by atoms with Crippen LogP contribution in [0.25, 0.3) is 0 Å². The fourth-order valence-electron chi connectivity index (χ4n) is 2.05. The van der Waals surface area contributed by atoms with Crippen molar-refractivity contribution in [2.24, 2.45) is 0 Å². The van der Waals surface area contributed by atoms with E-state index in [1.807, 2.05) is 0 Å². The van der Waals surface area contributed by atoms with Crippen molar-refractivity contribution < 1.29 is 21.6 Å². The highest BCUT2D eigenvalue weighted by Crippen LogP contribution is 2.31. The molecule has 0 aliphatic heterocycles. The molecule has 0 radical (unpaired) electrons. The zero-order valence-corrected chi connectivity index (χ0v) is 16.0. The molecule has 0 saturated carbocycles. The lowest BCUT2D eigenvalue weighted by atomic mass is 10.3. The summed E-state index contributed by atoms with van der Waals surface area (Å²) in [7, 11) is -5.60. The summed E-state index contributed by atoms with van der Waals surface area (Å²) in [5.41, 5.74) is 0. The maximum absolute atomic E-state index is 12.8. The molecule has 0 aliphatic rings. The van der Waals surface area contributed by atoms with E-state index >= 15 is 0 Å². The van der Waals surface area contributed by atoms with Gasteiger partial charge in [-0.25, -0.2) is 16.8 Å².